The molecule has 0 aromatic carbocycles. The monoisotopic (exact) mass is 232 g/mol. The molecule has 1 unspecified atom stereocenters. The summed E-state index contributed by atoms with van der Waals surface area (Å²) in [5, 5.41) is 11.2. The molecule has 0 aromatic rings. The second-order valence-electron chi connectivity index (χ2n) is 4.82. The standard InChI is InChI=1S/C11H24N2O3/c1-11(2,3)9(12)10(15)13-5-4-7-16-8-6-14/h9,14H,4-8,12H2,1-3H3,(H,13,15). The van der Waals surface area contributed by atoms with Gasteiger partial charge >= 0.3 is 0 Å². The molecule has 0 rings (SSSR count). The molecule has 0 heterocycles. The van der Waals surface area contributed by atoms with E-state index in [1.165, 1.54) is 0 Å². The summed E-state index contributed by atoms with van der Waals surface area (Å²) in [4.78, 5) is 11.6. The number of rotatable bonds is 7. The first kappa shape index (κ1) is 15.3. The van der Waals surface area contributed by atoms with Crippen LogP contribution in [0.1, 0.15) is 27.2 Å². The van der Waals surface area contributed by atoms with Crippen molar-refractivity contribution >= 4 is 5.91 Å². The Morgan fingerprint density at radius 2 is 2.06 bits per heavy atom. The maximum absolute atomic E-state index is 11.6. The highest BCUT2D eigenvalue weighted by Crippen LogP contribution is 2.16. The zero-order chi connectivity index (χ0) is 12.6. The van der Waals surface area contributed by atoms with Gasteiger partial charge in [-0.1, -0.05) is 20.8 Å². The van der Waals surface area contributed by atoms with Gasteiger partial charge in [-0.25, -0.2) is 0 Å². The van der Waals surface area contributed by atoms with E-state index in [1.807, 2.05) is 20.8 Å². The molecular weight excluding hydrogens is 208 g/mol. The number of amides is 1. The first-order valence-corrected chi connectivity index (χ1v) is 5.61. The second-order valence-corrected chi connectivity index (χ2v) is 4.82. The van der Waals surface area contributed by atoms with Crippen LogP contribution < -0.4 is 11.1 Å². The van der Waals surface area contributed by atoms with E-state index in [2.05, 4.69) is 5.32 Å². The van der Waals surface area contributed by atoms with Crippen molar-refractivity contribution in [1.29, 1.82) is 0 Å². The SMILES string of the molecule is CC(C)(C)C(N)C(=O)NCCCOCCO. The Morgan fingerprint density at radius 1 is 1.44 bits per heavy atom. The van der Waals surface area contributed by atoms with Gasteiger partial charge in [0.05, 0.1) is 19.3 Å². The molecule has 0 saturated carbocycles. The molecule has 0 radical (unpaired) electrons. The van der Waals surface area contributed by atoms with E-state index >= 15 is 0 Å². The van der Waals surface area contributed by atoms with E-state index in [4.69, 9.17) is 15.6 Å². The fourth-order valence-electron chi connectivity index (χ4n) is 1.06. The van der Waals surface area contributed by atoms with Gasteiger partial charge in [-0.15, -0.1) is 0 Å². The number of ether oxygens (including phenoxy) is 1. The first-order valence-electron chi connectivity index (χ1n) is 5.61. The Hall–Kier alpha value is -0.650. The van der Waals surface area contributed by atoms with Gasteiger partial charge in [0.2, 0.25) is 5.91 Å². The third kappa shape index (κ3) is 6.76. The van der Waals surface area contributed by atoms with Crippen molar-refractivity contribution < 1.29 is 14.6 Å². The zero-order valence-electron chi connectivity index (χ0n) is 10.5. The third-order valence-corrected chi connectivity index (χ3v) is 2.22. The molecule has 4 N–H and O–H groups in total. The maximum atomic E-state index is 11.6. The van der Waals surface area contributed by atoms with Crippen LogP contribution >= 0.6 is 0 Å². The number of nitrogens with two attached hydrogens (primary N) is 1. The van der Waals surface area contributed by atoms with Crippen molar-refractivity contribution in [3.63, 3.8) is 0 Å². The van der Waals surface area contributed by atoms with Crippen molar-refractivity contribution in [2.45, 2.75) is 33.2 Å². The summed E-state index contributed by atoms with van der Waals surface area (Å²) in [5.41, 5.74) is 5.56. The lowest BCUT2D eigenvalue weighted by atomic mass is 9.87. The van der Waals surface area contributed by atoms with Crippen molar-refractivity contribution in [3.8, 4) is 0 Å². The molecule has 5 nitrogen and oxygen atoms in total. The minimum Gasteiger partial charge on any atom is -0.394 e. The molecule has 0 spiro atoms. The van der Waals surface area contributed by atoms with Crippen LogP contribution in [0.5, 0.6) is 0 Å². The van der Waals surface area contributed by atoms with Crippen LogP contribution in [0.2, 0.25) is 0 Å². The highest BCUT2D eigenvalue weighted by atomic mass is 16.5. The zero-order valence-corrected chi connectivity index (χ0v) is 10.5. The number of hydrogen-bond acceptors (Lipinski definition) is 4. The van der Waals surface area contributed by atoms with Crippen LogP contribution in [-0.2, 0) is 9.53 Å². The Morgan fingerprint density at radius 3 is 2.56 bits per heavy atom. The molecule has 0 fully saturated rings. The van der Waals surface area contributed by atoms with Gasteiger partial charge in [0.25, 0.3) is 0 Å². The Labute approximate surface area is 97.3 Å². The molecule has 0 aliphatic carbocycles. The maximum Gasteiger partial charge on any atom is 0.237 e. The van der Waals surface area contributed by atoms with Crippen LogP contribution in [0.15, 0.2) is 0 Å². The third-order valence-electron chi connectivity index (χ3n) is 2.22. The van der Waals surface area contributed by atoms with Gasteiger partial charge in [0, 0.05) is 13.2 Å². The Bertz CT molecular complexity index is 202. The van der Waals surface area contributed by atoms with E-state index in [0.29, 0.717) is 19.8 Å². The number of nitrogens with one attached hydrogen (secondary N) is 1. The van der Waals surface area contributed by atoms with E-state index in [1.54, 1.807) is 0 Å². The van der Waals surface area contributed by atoms with Gasteiger partial charge in [-0.2, -0.15) is 0 Å². The quantitative estimate of drug-likeness (QED) is 0.534. The van der Waals surface area contributed by atoms with E-state index in [-0.39, 0.29) is 17.9 Å². The lowest BCUT2D eigenvalue weighted by molar-refractivity contribution is -0.124. The van der Waals surface area contributed by atoms with Crippen LogP contribution in [0.4, 0.5) is 0 Å². The van der Waals surface area contributed by atoms with Crippen molar-refractivity contribution in [1.82, 2.24) is 5.32 Å². The van der Waals surface area contributed by atoms with E-state index in [9.17, 15) is 4.79 Å². The average molecular weight is 232 g/mol. The molecule has 5 heteroatoms. The van der Waals surface area contributed by atoms with Gasteiger partial charge in [-0.3, -0.25) is 4.79 Å². The molecule has 0 aromatic heterocycles. The van der Waals surface area contributed by atoms with Gasteiger partial charge in [0.1, 0.15) is 0 Å². The minimum atomic E-state index is -0.495. The lowest BCUT2D eigenvalue weighted by Gasteiger charge is -2.25. The van der Waals surface area contributed by atoms with Crippen molar-refractivity contribution in [2.24, 2.45) is 11.1 Å². The number of aliphatic hydroxyl groups excluding tert-OH is 1. The fourth-order valence-corrected chi connectivity index (χ4v) is 1.06. The number of carbonyl (C=O) groups is 1. The molecule has 96 valence electrons. The molecule has 1 amide bonds. The van der Waals surface area contributed by atoms with Crippen LogP contribution in [0.3, 0.4) is 0 Å². The summed E-state index contributed by atoms with van der Waals surface area (Å²) in [6, 6.07) is -0.495. The predicted molar refractivity (Wildman–Crippen MR) is 63.0 cm³/mol. The molecule has 16 heavy (non-hydrogen) atoms. The minimum absolute atomic E-state index is 0.0290. The summed E-state index contributed by atoms with van der Waals surface area (Å²) in [6.07, 6.45) is 0.725. The summed E-state index contributed by atoms with van der Waals surface area (Å²) < 4.78 is 5.06. The Balaban J connectivity index is 3.58. The molecule has 0 bridgehead atoms. The fraction of sp³-hybridized carbons (Fsp3) is 0.909. The average Bonchev–Trinajstić information content (AvgIpc) is 2.20. The van der Waals surface area contributed by atoms with Crippen molar-refractivity contribution in [2.75, 3.05) is 26.4 Å². The summed E-state index contributed by atoms with van der Waals surface area (Å²) >= 11 is 0. The lowest BCUT2D eigenvalue weighted by Crippen LogP contribution is -2.48. The van der Waals surface area contributed by atoms with Crippen LogP contribution in [0.25, 0.3) is 0 Å². The van der Waals surface area contributed by atoms with E-state index in [0.717, 1.165) is 6.42 Å². The van der Waals surface area contributed by atoms with Gasteiger partial charge in [0.15, 0.2) is 0 Å². The van der Waals surface area contributed by atoms with Gasteiger partial charge in [-0.05, 0) is 11.8 Å². The summed E-state index contributed by atoms with van der Waals surface area (Å²) in [5.74, 6) is -0.130. The predicted octanol–water partition coefficient (Wildman–Crippen LogP) is -0.125. The molecule has 0 aliphatic rings. The smallest absolute Gasteiger partial charge is 0.237 e. The second kappa shape index (κ2) is 7.60. The first-order chi connectivity index (χ1) is 7.39. The highest BCUT2D eigenvalue weighted by Gasteiger charge is 2.26. The molecule has 1 atom stereocenters. The van der Waals surface area contributed by atoms with Crippen LogP contribution in [-0.4, -0.2) is 43.4 Å². The molecule has 0 aliphatic heterocycles. The van der Waals surface area contributed by atoms with E-state index < -0.39 is 6.04 Å². The number of carbonyl (C=O) groups excluding carboxylic acids is 1. The summed E-state index contributed by atoms with van der Waals surface area (Å²) in [7, 11) is 0. The van der Waals surface area contributed by atoms with Gasteiger partial charge < -0.3 is 20.9 Å². The highest BCUT2D eigenvalue weighted by molar-refractivity contribution is 5.82. The topological polar surface area (TPSA) is 84.6 Å². The molecular formula is C11H24N2O3. The van der Waals surface area contributed by atoms with Crippen molar-refractivity contribution in [3.05, 3.63) is 0 Å². The number of hydrogen-bond donors (Lipinski definition) is 3. The number of aliphatic hydroxyl groups is 1. The largest absolute Gasteiger partial charge is 0.394 e. The summed E-state index contributed by atoms with van der Waals surface area (Å²) in [6.45, 7) is 7.25. The molecule has 0 saturated heterocycles. The normalized spacial score (nSPS) is 13.6. The Kier molecular flexibility index (Phi) is 7.29. The van der Waals surface area contributed by atoms with Crippen LogP contribution in [0, 0.1) is 5.41 Å².